The summed E-state index contributed by atoms with van der Waals surface area (Å²) >= 11 is 3.72. The van der Waals surface area contributed by atoms with Crippen LogP contribution in [0, 0.1) is 6.92 Å². The Morgan fingerprint density at radius 2 is 0.556 bits per heavy atom. The summed E-state index contributed by atoms with van der Waals surface area (Å²) in [7, 11) is 0. The Hall–Kier alpha value is -10.9. The van der Waals surface area contributed by atoms with E-state index in [0.717, 1.165) is 78.2 Å². The second-order valence-corrected chi connectivity index (χ2v) is 31.7. The van der Waals surface area contributed by atoms with Gasteiger partial charge in [-0.3, -0.25) is 18.3 Å². The summed E-state index contributed by atoms with van der Waals surface area (Å²) in [4.78, 5) is 19.2. The third kappa shape index (κ3) is 16.9. The van der Waals surface area contributed by atoms with E-state index in [4.69, 9.17) is 19.7 Å². The maximum Gasteiger partial charge on any atom is 0.144 e. The van der Waals surface area contributed by atoms with Crippen molar-refractivity contribution in [2.75, 3.05) is 0 Å². The average Bonchev–Trinajstić information content (AvgIpc) is 1.52. The van der Waals surface area contributed by atoms with E-state index in [1.54, 1.807) is 12.1 Å². The molecule has 0 atom stereocenters. The lowest BCUT2D eigenvalue weighted by Gasteiger charge is -2.22. The van der Waals surface area contributed by atoms with Crippen LogP contribution in [0.2, 0.25) is 0 Å². The van der Waals surface area contributed by atoms with E-state index in [1.165, 1.54) is 78.4 Å². The van der Waals surface area contributed by atoms with Gasteiger partial charge in [-0.25, -0.2) is 19.9 Å². The first-order valence-electron chi connectivity index (χ1n) is 38.3. The van der Waals surface area contributed by atoms with Gasteiger partial charge >= 0.3 is 0 Å². The molecular formula is C97H103BrN8O2. The van der Waals surface area contributed by atoms with E-state index in [0.29, 0.717) is 47.3 Å². The van der Waals surface area contributed by atoms with E-state index in [-0.39, 0.29) is 5.75 Å². The van der Waals surface area contributed by atoms with Crippen LogP contribution in [-0.2, 0) is 0 Å². The van der Waals surface area contributed by atoms with Crippen molar-refractivity contribution in [3.63, 3.8) is 0 Å². The summed E-state index contributed by atoms with van der Waals surface area (Å²) in [6.07, 6.45) is 15.8. The number of rotatable bonds is 20. The molecule has 1 N–H and O–H groups in total. The summed E-state index contributed by atoms with van der Waals surface area (Å²) in [5.41, 5.74) is 25.0. The predicted molar refractivity (Wildman–Crippen MR) is 454 cm³/mol. The summed E-state index contributed by atoms with van der Waals surface area (Å²) in [5, 5.41) is 10.0. The molecule has 0 saturated heterocycles. The lowest BCUT2D eigenvalue weighted by molar-refractivity contribution is 0.475. The first kappa shape index (κ1) is 76.8. The zero-order valence-electron chi connectivity index (χ0n) is 65.8. The molecule has 11 heteroatoms. The smallest absolute Gasteiger partial charge is 0.144 e. The number of ether oxygens (including phenoxy) is 1. The number of para-hydroxylation sites is 4. The first-order chi connectivity index (χ1) is 51.9. The molecule has 108 heavy (non-hydrogen) atoms. The number of phenols is 1. The molecular weight excluding hydrogens is 1390 g/mol. The van der Waals surface area contributed by atoms with Gasteiger partial charge in [-0.2, -0.15) is 0 Å². The summed E-state index contributed by atoms with van der Waals surface area (Å²) in [5.74, 6) is 8.45. The maximum absolute atomic E-state index is 10.0. The molecule has 0 bridgehead atoms. The number of hydrogen-bond acceptors (Lipinski definition) is 6. The van der Waals surface area contributed by atoms with Crippen LogP contribution in [0.3, 0.4) is 0 Å². The van der Waals surface area contributed by atoms with Crippen molar-refractivity contribution >= 4 is 15.9 Å². The number of imidazole rings is 4. The molecule has 0 spiro atoms. The van der Waals surface area contributed by atoms with Gasteiger partial charge in [0.05, 0.1) is 22.7 Å². The Labute approximate surface area is 649 Å². The largest absolute Gasteiger partial charge is 0.508 e. The molecule has 0 amide bonds. The third-order valence-corrected chi connectivity index (χ3v) is 20.5. The van der Waals surface area contributed by atoms with Crippen LogP contribution in [0.4, 0.5) is 0 Å². The quantitative estimate of drug-likeness (QED) is 0.0816. The third-order valence-electron chi connectivity index (χ3n) is 20.1. The van der Waals surface area contributed by atoms with Gasteiger partial charge in [-0.1, -0.05) is 272 Å². The number of nitrogens with zero attached hydrogens (tertiary/aromatic N) is 8. The fourth-order valence-electron chi connectivity index (χ4n) is 14.8. The highest BCUT2D eigenvalue weighted by molar-refractivity contribution is 9.10. The van der Waals surface area contributed by atoms with Crippen LogP contribution in [0.25, 0.3) is 90.6 Å². The minimum atomic E-state index is 0.269. The fourth-order valence-corrected chi connectivity index (χ4v) is 15.3. The molecule has 4 heterocycles. The van der Waals surface area contributed by atoms with E-state index in [2.05, 4.69) is 344 Å². The van der Waals surface area contributed by atoms with Crippen LogP contribution in [-0.4, -0.2) is 43.3 Å². The van der Waals surface area contributed by atoms with Crippen molar-refractivity contribution in [1.82, 2.24) is 38.2 Å². The molecule has 4 aromatic heterocycles. The van der Waals surface area contributed by atoms with Crippen LogP contribution < -0.4 is 4.74 Å². The molecule has 0 unspecified atom stereocenters. The van der Waals surface area contributed by atoms with Crippen molar-refractivity contribution in [2.24, 2.45) is 0 Å². The molecule has 0 aliphatic carbocycles. The highest BCUT2D eigenvalue weighted by atomic mass is 79.9. The predicted octanol–water partition coefficient (Wildman–Crippen LogP) is 27.4. The van der Waals surface area contributed by atoms with Crippen LogP contribution in [0.15, 0.2) is 266 Å². The van der Waals surface area contributed by atoms with Gasteiger partial charge in [0.1, 0.15) is 40.5 Å². The molecule has 14 rings (SSSR count). The lowest BCUT2D eigenvalue weighted by Crippen LogP contribution is -2.08. The maximum atomic E-state index is 10.0. The normalized spacial score (nSPS) is 11.6. The molecule has 550 valence electrons. The molecule has 0 fully saturated rings. The number of aryl methyl sites for hydroxylation is 1. The molecule has 10 aromatic carbocycles. The van der Waals surface area contributed by atoms with Gasteiger partial charge in [0.15, 0.2) is 0 Å². The average molecular weight is 1490 g/mol. The number of phenolic OH excluding ortho intramolecular Hbond substituents is 1. The number of halogens is 1. The Morgan fingerprint density at radius 1 is 0.278 bits per heavy atom. The summed E-state index contributed by atoms with van der Waals surface area (Å²) in [6, 6.07) is 74.3. The van der Waals surface area contributed by atoms with Gasteiger partial charge in [0.25, 0.3) is 0 Å². The van der Waals surface area contributed by atoms with Crippen LogP contribution in [0.1, 0.15) is 208 Å². The van der Waals surface area contributed by atoms with Gasteiger partial charge in [-0.05, 0) is 193 Å². The molecule has 14 aromatic rings. The Morgan fingerprint density at radius 3 is 0.898 bits per heavy atom. The second-order valence-electron chi connectivity index (χ2n) is 30.8. The Bertz CT molecular complexity index is 5270. The topological polar surface area (TPSA) is 101 Å². The monoisotopic (exact) mass is 1490 g/mol. The molecule has 10 nitrogen and oxygen atoms in total. The van der Waals surface area contributed by atoms with Gasteiger partial charge in [0, 0.05) is 76.3 Å². The number of hydrogen-bond donors (Lipinski definition) is 1. The number of aromatic nitrogens is 8. The van der Waals surface area contributed by atoms with E-state index in [9.17, 15) is 5.11 Å². The summed E-state index contributed by atoms with van der Waals surface area (Å²) in [6.45, 7) is 37.9. The standard InChI is InChI=1S/C48H50N4O.C27H27BrN2.C22H26N2O/c1-31(2)41-19-13-20-42(32(3)4)45(41)51-25-23-49-47(51)36-17-12-18-39(28-36)53-40-29-37(35-15-10-9-11-16-35)27-38(30-40)48-50-24-26-52(48)46-43(33(5)6)21-14-22-44(46)34(7)8;1-18(2)24-11-8-12-25(19(3)4)26(24)30-14-13-29-27(30)22-15-21(16-23(28)17-22)20-9-6-5-7-10-20;1-14(2)19-7-6-8-20(15(3)4)21(19)24-10-9-23-22(24)17-11-16(5)12-18(25)13-17/h9-34H,1-8H3;5-19H,1-4H3;6-15,25H,1-5H3. The van der Waals surface area contributed by atoms with Crippen molar-refractivity contribution in [3.8, 4) is 108 Å². The number of aromatic hydroxyl groups is 1. The van der Waals surface area contributed by atoms with Crippen LogP contribution >= 0.6 is 15.9 Å². The van der Waals surface area contributed by atoms with E-state index >= 15 is 0 Å². The fraction of sp³-hybridized carbons (Fsp3) is 0.258. The van der Waals surface area contributed by atoms with Gasteiger partial charge in [0.2, 0.25) is 0 Å². The first-order valence-corrected chi connectivity index (χ1v) is 39.1. The Kier molecular flexibility index (Phi) is 24.1. The van der Waals surface area contributed by atoms with Crippen LogP contribution in [0.5, 0.6) is 17.2 Å². The zero-order valence-corrected chi connectivity index (χ0v) is 67.3. The number of benzene rings is 10. The van der Waals surface area contributed by atoms with Crippen molar-refractivity contribution in [1.29, 1.82) is 0 Å². The zero-order chi connectivity index (χ0) is 76.6. The minimum absolute atomic E-state index is 0.269. The molecule has 0 radical (unpaired) electrons. The van der Waals surface area contributed by atoms with Crippen molar-refractivity contribution in [3.05, 3.63) is 316 Å². The van der Waals surface area contributed by atoms with E-state index < -0.39 is 0 Å². The SMILES string of the molecule is CC(C)c1cccc(C(C)C)c1-n1ccnc1-c1cc(Br)cc(-c2ccccc2)c1.CC(C)c1cccc(C(C)C)c1-n1ccnc1-c1cccc(Oc2cc(-c3ccccc3)cc(-c3nccn3-c3c(C(C)C)cccc3C(C)C)c2)c1.Cc1cc(O)cc(-c2nccn2-c2c(C(C)C)cccc2C(C)C)c1. The minimum Gasteiger partial charge on any atom is -0.508 e. The highest BCUT2D eigenvalue weighted by Gasteiger charge is 2.25. The van der Waals surface area contributed by atoms with Gasteiger partial charge < -0.3 is 9.84 Å². The molecule has 0 saturated carbocycles. The molecule has 0 aliphatic rings. The molecule has 0 aliphatic heterocycles. The lowest BCUT2D eigenvalue weighted by atomic mass is 9.92. The van der Waals surface area contributed by atoms with Gasteiger partial charge in [-0.15, -0.1) is 0 Å². The highest BCUT2D eigenvalue weighted by Crippen LogP contribution is 2.42. The van der Waals surface area contributed by atoms with Crippen molar-refractivity contribution < 1.29 is 9.84 Å². The van der Waals surface area contributed by atoms with Crippen molar-refractivity contribution in [2.45, 2.75) is 165 Å². The Balaban J connectivity index is 0.000000167. The van der Waals surface area contributed by atoms with E-state index in [1.807, 2.05) is 62.2 Å². The second kappa shape index (κ2) is 33.9. The summed E-state index contributed by atoms with van der Waals surface area (Å²) < 4.78 is 16.8.